The van der Waals surface area contributed by atoms with Crippen molar-refractivity contribution in [2.24, 2.45) is 0 Å². The molecule has 2 aromatic carbocycles. The summed E-state index contributed by atoms with van der Waals surface area (Å²) in [5.74, 6) is 1.51. The first-order valence-electron chi connectivity index (χ1n) is 9.85. The second-order valence-electron chi connectivity index (χ2n) is 7.34. The Hall–Kier alpha value is -2.70. The van der Waals surface area contributed by atoms with Crippen LogP contribution in [0.25, 0.3) is 10.9 Å². The van der Waals surface area contributed by atoms with Gasteiger partial charge < -0.3 is 9.47 Å². The van der Waals surface area contributed by atoms with Crippen LogP contribution < -0.4 is 9.47 Å². The molecule has 0 bridgehead atoms. The predicted octanol–water partition coefficient (Wildman–Crippen LogP) is 3.71. The molecule has 4 rings (SSSR count). The van der Waals surface area contributed by atoms with Gasteiger partial charge in [-0.25, -0.2) is 4.39 Å². The topological polar surface area (TPSA) is 37.8 Å². The molecule has 0 atom stereocenters. The molecule has 1 aromatic heterocycles. The van der Waals surface area contributed by atoms with Crippen molar-refractivity contribution in [1.82, 2.24) is 14.8 Å². The lowest BCUT2D eigenvalue weighted by atomic mass is 10.1. The van der Waals surface area contributed by atoms with Crippen LogP contribution in [-0.4, -0.2) is 55.2 Å². The number of pyridine rings is 1. The first-order chi connectivity index (χ1) is 14.2. The van der Waals surface area contributed by atoms with E-state index in [0.29, 0.717) is 5.39 Å². The van der Waals surface area contributed by atoms with E-state index in [9.17, 15) is 4.39 Å². The molecular weight excluding hydrogens is 369 g/mol. The Morgan fingerprint density at radius 1 is 0.897 bits per heavy atom. The third kappa shape index (κ3) is 4.33. The summed E-state index contributed by atoms with van der Waals surface area (Å²) in [5, 5.41) is 0.591. The minimum Gasteiger partial charge on any atom is -0.497 e. The number of methoxy groups -OCH3 is 2. The first-order valence-corrected chi connectivity index (χ1v) is 9.85. The van der Waals surface area contributed by atoms with Crippen LogP contribution >= 0.6 is 0 Å². The Morgan fingerprint density at radius 2 is 1.62 bits per heavy atom. The van der Waals surface area contributed by atoms with Crippen LogP contribution in [0.4, 0.5) is 4.39 Å². The average molecular weight is 395 g/mol. The van der Waals surface area contributed by atoms with Gasteiger partial charge in [-0.3, -0.25) is 14.8 Å². The van der Waals surface area contributed by atoms with Crippen LogP contribution in [0.15, 0.2) is 48.7 Å². The highest BCUT2D eigenvalue weighted by Gasteiger charge is 2.20. The minimum absolute atomic E-state index is 0.214. The van der Waals surface area contributed by atoms with Crippen molar-refractivity contribution in [3.8, 4) is 11.5 Å². The molecule has 0 aliphatic carbocycles. The van der Waals surface area contributed by atoms with Crippen LogP contribution in [0.5, 0.6) is 11.5 Å². The summed E-state index contributed by atoms with van der Waals surface area (Å²) >= 11 is 0. The number of rotatable bonds is 6. The molecule has 2 heterocycles. The average Bonchev–Trinajstić information content (AvgIpc) is 2.77. The lowest BCUT2D eigenvalue weighted by molar-refractivity contribution is 0.121. The third-order valence-electron chi connectivity index (χ3n) is 5.54. The van der Waals surface area contributed by atoms with E-state index in [1.807, 2.05) is 24.3 Å². The zero-order chi connectivity index (χ0) is 20.2. The molecule has 1 aliphatic rings. The number of ether oxygens (including phenoxy) is 2. The number of hydrogen-bond donors (Lipinski definition) is 0. The van der Waals surface area contributed by atoms with Crippen molar-refractivity contribution in [1.29, 1.82) is 0 Å². The fraction of sp³-hybridized carbons (Fsp3) is 0.348. The Balaban J connectivity index is 1.40. The first kappa shape index (κ1) is 19.6. The molecule has 5 nitrogen and oxygen atoms in total. The van der Waals surface area contributed by atoms with Gasteiger partial charge >= 0.3 is 0 Å². The number of hydrogen-bond acceptors (Lipinski definition) is 5. The van der Waals surface area contributed by atoms with Crippen LogP contribution in [0.2, 0.25) is 0 Å². The molecule has 0 saturated carbocycles. The van der Waals surface area contributed by atoms with Crippen LogP contribution in [0, 0.1) is 5.82 Å². The van der Waals surface area contributed by atoms with E-state index in [-0.39, 0.29) is 5.82 Å². The molecule has 3 aromatic rings. The fourth-order valence-corrected chi connectivity index (χ4v) is 3.92. The summed E-state index contributed by atoms with van der Waals surface area (Å²) in [6, 6.07) is 12.9. The monoisotopic (exact) mass is 395 g/mol. The normalized spacial score (nSPS) is 15.6. The molecule has 0 N–H and O–H groups in total. The number of fused-ring (bicyclic) bond motifs is 1. The van der Waals surface area contributed by atoms with Crippen molar-refractivity contribution >= 4 is 10.9 Å². The van der Waals surface area contributed by atoms with Crippen molar-refractivity contribution in [3.63, 3.8) is 0 Å². The Kier molecular flexibility index (Phi) is 5.92. The lowest BCUT2D eigenvalue weighted by Gasteiger charge is -2.35. The Morgan fingerprint density at radius 3 is 2.31 bits per heavy atom. The molecule has 1 fully saturated rings. The highest BCUT2D eigenvalue weighted by atomic mass is 19.1. The van der Waals surface area contributed by atoms with Gasteiger partial charge in [0.1, 0.15) is 17.3 Å². The fourth-order valence-electron chi connectivity index (χ4n) is 3.92. The van der Waals surface area contributed by atoms with Crippen molar-refractivity contribution in [3.05, 3.63) is 65.6 Å². The van der Waals surface area contributed by atoms with Crippen LogP contribution in [0.1, 0.15) is 11.1 Å². The van der Waals surface area contributed by atoms with Gasteiger partial charge in [-0.1, -0.05) is 6.07 Å². The second kappa shape index (κ2) is 8.76. The predicted molar refractivity (Wildman–Crippen MR) is 112 cm³/mol. The summed E-state index contributed by atoms with van der Waals surface area (Å²) in [6.07, 6.45) is 1.73. The van der Waals surface area contributed by atoms with Gasteiger partial charge in [-0.15, -0.1) is 0 Å². The molecule has 0 unspecified atom stereocenters. The number of halogens is 1. The summed E-state index contributed by atoms with van der Waals surface area (Å²) in [6.45, 7) is 5.45. The van der Waals surface area contributed by atoms with E-state index < -0.39 is 0 Å². The van der Waals surface area contributed by atoms with Crippen molar-refractivity contribution < 1.29 is 13.9 Å². The van der Waals surface area contributed by atoms with E-state index in [2.05, 4.69) is 14.8 Å². The van der Waals surface area contributed by atoms with E-state index in [4.69, 9.17) is 9.47 Å². The van der Waals surface area contributed by atoms with Gasteiger partial charge in [0.2, 0.25) is 0 Å². The zero-order valence-electron chi connectivity index (χ0n) is 16.9. The van der Waals surface area contributed by atoms with Gasteiger partial charge in [-0.2, -0.15) is 0 Å². The maximum absolute atomic E-state index is 14.0. The Labute approximate surface area is 170 Å². The molecule has 0 spiro atoms. The number of nitrogens with zero attached hydrogens (tertiary/aromatic N) is 3. The van der Waals surface area contributed by atoms with Gasteiger partial charge in [-0.05, 0) is 42.0 Å². The summed E-state index contributed by atoms with van der Waals surface area (Å²) < 4.78 is 24.9. The van der Waals surface area contributed by atoms with Crippen LogP contribution in [-0.2, 0) is 13.1 Å². The zero-order valence-corrected chi connectivity index (χ0v) is 16.9. The molecule has 0 amide bonds. The quantitative estimate of drug-likeness (QED) is 0.636. The van der Waals surface area contributed by atoms with E-state index in [0.717, 1.165) is 67.4 Å². The lowest BCUT2D eigenvalue weighted by Crippen LogP contribution is -2.45. The van der Waals surface area contributed by atoms with Gasteiger partial charge in [0, 0.05) is 56.4 Å². The molecule has 1 aliphatic heterocycles. The minimum atomic E-state index is -0.214. The van der Waals surface area contributed by atoms with Crippen molar-refractivity contribution in [2.75, 3.05) is 40.4 Å². The summed E-state index contributed by atoms with van der Waals surface area (Å²) in [7, 11) is 3.38. The third-order valence-corrected chi connectivity index (χ3v) is 5.54. The maximum atomic E-state index is 14.0. The number of piperazine rings is 1. The maximum Gasteiger partial charge on any atom is 0.132 e. The SMILES string of the molecule is COc1ccc(OC)c(CN2CCN(Cc3ccc(F)c4cccnc34)CC2)c1. The number of benzene rings is 2. The molecular formula is C23H26FN3O2. The van der Waals surface area contributed by atoms with Crippen molar-refractivity contribution in [2.45, 2.75) is 13.1 Å². The largest absolute Gasteiger partial charge is 0.497 e. The van der Waals surface area contributed by atoms with E-state index >= 15 is 0 Å². The molecule has 29 heavy (non-hydrogen) atoms. The van der Waals surface area contributed by atoms with Gasteiger partial charge in [0.05, 0.1) is 19.7 Å². The number of aromatic nitrogens is 1. The van der Waals surface area contributed by atoms with E-state index in [1.54, 1.807) is 38.6 Å². The molecule has 6 heteroatoms. The van der Waals surface area contributed by atoms with E-state index in [1.165, 1.54) is 0 Å². The summed E-state index contributed by atoms with van der Waals surface area (Å²) in [4.78, 5) is 9.24. The molecule has 152 valence electrons. The van der Waals surface area contributed by atoms with Gasteiger partial charge in [0.15, 0.2) is 0 Å². The highest BCUT2D eigenvalue weighted by Crippen LogP contribution is 2.26. The summed E-state index contributed by atoms with van der Waals surface area (Å²) in [5.41, 5.74) is 2.97. The van der Waals surface area contributed by atoms with Gasteiger partial charge in [0.25, 0.3) is 0 Å². The second-order valence-corrected chi connectivity index (χ2v) is 7.34. The Bertz CT molecular complexity index is 987. The standard InChI is InChI=1S/C23H26FN3O2/c1-28-19-6-8-22(29-2)18(14-19)16-27-12-10-26(11-13-27)15-17-5-7-21(24)20-4-3-9-25-23(17)20/h3-9,14H,10-13,15-16H2,1-2H3. The molecule has 0 radical (unpaired) electrons. The smallest absolute Gasteiger partial charge is 0.132 e. The van der Waals surface area contributed by atoms with Crippen LogP contribution in [0.3, 0.4) is 0 Å². The molecule has 1 saturated heterocycles. The highest BCUT2D eigenvalue weighted by molar-refractivity contribution is 5.82.